The minimum Gasteiger partial charge on any atom is -0.377 e. The van der Waals surface area contributed by atoms with Gasteiger partial charge in [-0.2, -0.15) is 13.2 Å². The van der Waals surface area contributed by atoms with Crippen molar-refractivity contribution in [2.45, 2.75) is 19.1 Å². The van der Waals surface area contributed by atoms with Crippen LogP contribution in [-0.2, 0) is 6.18 Å². The lowest BCUT2D eigenvalue weighted by Crippen LogP contribution is -2.13. The first-order valence-electron chi connectivity index (χ1n) is 5.54. The number of alkyl halides is 3. The number of benzene rings is 1. The minimum absolute atomic E-state index is 0.0396. The molecule has 0 bridgehead atoms. The second-order valence-electron chi connectivity index (χ2n) is 4.07. The molecule has 1 N–H and O–H groups in total. The zero-order chi connectivity index (χ0) is 14.0. The third-order valence-electron chi connectivity index (χ3n) is 2.63. The number of nitrogens with one attached hydrogen (secondary N) is 1. The molecule has 1 nitrogen and oxygen atoms in total. The van der Waals surface area contributed by atoms with Crippen LogP contribution < -0.4 is 5.32 Å². The lowest BCUT2D eigenvalue weighted by atomic mass is 10.1. The van der Waals surface area contributed by atoms with Crippen molar-refractivity contribution >= 4 is 28.6 Å². The van der Waals surface area contributed by atoms with Gasteiger partial charge in [-0.1, -0.05) is 17.7 Å². The van der Waals surface area contributed by atoms with Crippen LogP contribution in [0.4, 0.5) is 18.9 Å². The lowest BCUT2D eigenvalue weighted by Gasteiger charge is -2.18. The van der Waals surface area contributed by atoms with Crippen molar-refractivity contribution in [2.75, 3.05) is 5.32 Å². The number of rotatable bonds is 3. The summed E-state index contributed by atoms with van der Waals surface area (Å²) in [5, 5.41) is 4.84. The van der Waals surface area contributed by atoms with E-state index in [9.17, 15) is 13.2 Å². The van der Waals surface area contributed by atoms with Gasteiger partial charge in [0.25, 0.3) is 0 Å². The van der Waals surface area contributed by atoms with Gasteiger partial charge in [0, 0.05) is 15.6 Å². The largest absolute Gasteiger partial charge is 0.418 e. The quantitative estimate of drug-likeness (QED) is 0.779. The first-order chi connectivity index (χ1) is 8.88. The van der Waals surface area contributed by atoms with E-state index in [1.807, 2.05) is 24.4 Å². The van der Waals surface area contributed by atoms with Crippen LogP contribution in [0.5, 0.6) is 0 Å². The van der Waals surface area contributed by atoms with Gasteiger partial charge in [0.15, 0.2) is 0 Å². The van der Waals surface area contributed by atoms with Gasteiger partial charge in [-0.15, -0.1) is 11.3 Å². The second kappa shape index (κ2) is 5.43. The Labute approximate surface area is 118 Å². The van der Waals surface area contributed by atoms with Crippen LogP contribution in [0.15, 0.2) is 35.7 Å². The fraction of sp³-hybridized carbons (Fsp3) is 0.231. The first kappa shape index (κ1) is 14.2. The molecule has 1 aromatic carbocycles. The molecule has 0 radical (unpaired) electrons. The number of thiophene rings is 1. The van der Waals surface area contributed by atoms with E-state index in [0.29, 0.717) is 0 Å². The summed E-state index contributed by atoms with van der Waals surface area (Å²) in [5.41, 5.74) is -0.707. The molecule has 0 fully saturated rings. The fourth-order valence-corrected chi connectivity index (χ4v) is 2.63. The molecule has 19 heavy (non-hydrogen) atoms. The Hall–Kier alpha value is -1.20. The van der Waals surface area contributed by atoms with Crippen molar-refractivity contribution in [2.24, 2.45) is 0 Å². The van der Waals surface area contributed by atoms with E-state index in [1.165, 1.54) is 23.5 Å². The van der Waals surface area contributed by atoms with Crippen LogP contribution in [0.25, 0.3) is 0 Å². The molecule has 0 spiro atoms. The van der Waals surface area contributed by atoms with Gasteiger partial charge in [-0.3, -0.25) is 0 Å². The minimum atomic E-state index is -4.43. The van der Waals surface area contributed by atoms with Crippen LogP contribution in [-0.4, -0.2) is 0 Å². The highest BCUT2D eigenvalue weighted by molar-refractivity contribution is 7.10. The van der Waals surface area contributed by atoms with Crippen LogP contribution in [0, 0.1) is 0 Å². The summed E-state index contributed by atoms with van der Waals surface area (Å²) in [7, 11) is 0. The monoisotopic (exact) mass is 305 g/mol. The summed E-state index contributed by atoms with van der Waals surface area (Å²) in [6.45, 7) is 1.82. The number of halogens is 4. The van der Waals surface area contributed by atoms with Crippen molar-refractivity contribution < 1.29 is 13.2 Å². The normalized spacial score (nSPS) is 13.3. The molecule has 0 aliphatic carbocycles. The van der Waals surface area contributed by atoms with Gasteiger partial charge in [-0.25, -0.2) is 0 Å². The maximum atomic E-state index is 12.9. The first-order valence-corrected chi connectivity index (χ1v) is 6.80. The number of anilines is 1. The van der Waals surface area contributed by atoms with Gasteiger partial charge < -0.3 is 5.32 Å². The van der Waals surface area contributed by atoms with E-state index in [0.717, 1.165) is 10.9 Å². The maximum absolute atomic E-state index is 12.9. The standard InChI is InChI=1S/C13H11ClF3NS/c1-8(12-3-2-6-19-12)18-11-5-4-9(14)7-10(11)13(15,16)17/h2-8,18H,1H3. The molecule has 1 aromatic heterocycles. The molecule has 6 heteroatoms. The average molecular weight is 306 g/mol. The third-order valence-corrected chi connectivity index (χ3v) is 3.92. The zero-order valence-corrected chi connectivity index (χ0v) is 11.5. The van der Waals surface area contributed by atoms with Crippen LogP contribution in [0.2, 0.25) is 5.02 Å². The predicted molar refractivity (Wildman–Crippen MR) is 72.8 cm³/mol. The van der Waals surface area contributed by atoms with Crippen LogP contribution in [0.1, 0.15) is 23.4 Å². The fourth-order valence-electron chi connectivity index (χ4n) is 1.72. The molecular weight excluding hydrogens is 295 g/mol. The molecule has 0 saturated carbocycles. The zero-order valence-electron chi connectivity index (χ0n) is 9.96. The molecular formula is C13H11ClF3NS. The summed E-state index contributed by atoms with van der Waals surface area (Å²) in [5.74, 6) is 0. The van der Waals surface area contributed by atoms with Gasteiger partial charge in [-0.05, 0) is 36.6 Å². The molecule has 0 amide bonds. The van der Waals surface area contributed by atoms with E-state index in [-0.39, 0.29) is 16.8 Å². The summed E-state index contributed by atoms with van der Waals surface area (Å²) >= 11 is 7.13. The SMILES string of the molecule is CC(Nc1ccc(Cl)cc1C(F)(F)F)c1cccs1. The third kappa shape index (κ3) is 3.42. The molecule has 1 heterocycles. The van der Waals surface area contributed by atoms with E-state index in [2.05, 4.69) is 5.32 Å². The highest BCUT2D eigenvalue weighted by Crippen LogP contribution is 2.38. The van der Waals surface area contributed by atoms with E-state index < -0.39 is 11.7 Å². The van der Waals surface area contributed by atoms with Gasteiger partial charge >= 0.3 is 6.18 Å². The molecule has 102 valence electrons. The highest BCUT2D eigenvalue weighted by Gasteiger charge is 2.34. The Morgan fingerprint density at radius 1 is 1.26 bits per heavy atom. The smallest absolute Gasteiger partial charge is 0.377 e. The Bertz CT molecular complexity index is 552. The summed E-state index contributed by atoms with van der Waals surface area (Å²) < 4.78 is 38.8. The summed E-state index contributed by atoms with van der Waals surface area (Å²) in [6, 6.07) is 7.29. The Morgan fingerprint density at radius 2 is 2.00 bits per heavy atom. The number of hydrogen-bond donors (Lipinski definition) is 1. The van der Waals surface area contributed by atoms with Crippen molar-refractivity contribution in [3.63, 3.8) is 0 Å². The van der Waals surface area contributed by atoms with Crippen LogP contribution in [0.3, 0.4) is 0 Å². The average Bonchev–Trinajstić information content (AvgIpc) is 2.83. The summed E-state index contributed by atoms with van der Waals surface area (Å²) in [4.78, 5) is 0.975. The summed E-state index contributed by atoms with van der Waals surface area (Å²) in [6.07, 6.45) is -4.43. The second-order valence-corrected chi connectivity index (χ2v) is 5.48. The maximum Gasteiger partial charge on any atom is 0.418 e. The van der Waals surface area contributed by atoms with Crippen LogP contribution >= 0.6 is 22.9 Å². The van der Waals surface area contributed by atoms with Crippen molar-refractivity contribution in [1.29, 1.82) is 0 Å². The van der Waals surface area contributed by atoms with Gasteiger partial charge in [0.05, 0.1) is 11.6 Å². The van der Waals surface area contributed by atoms with E-state index in [1.54, 1.807) is 0 Å². The number of hydrogen-bond acceptors (Lipinski definition) is 2. The Kier molecular flexibility index (Phi) is 4.06. The van der Waals surface area contributed by atoms with Crippen molar-refractivity contribution in [3.8, 4) is 0 Å². The molecule has 1 atom stereocenters. The Balaban J connectivity index is 2.30. The predicted octanol–water partition coefficient (Wildman–Crippen LogP) is 5.59. The van der Waals surface area contributed by atoms with Gasteiger partial charge in [0.2, 0.25) is 0 Å². The molecule has 2 rings (SSSR count). The highest BCUT2D eigenvalue weighted by atomic mass is 35.5. The van der Waals surface area contributed by atoms with Gasteiger partial charge in [0.1, 0.15) is 0 Å². The molecule has 0 aliphatic rings. The molecule has 0 saturated heterocycles. The topological polar surface area (TPSA) is 12.0 Å². The Morgan fingerprint density at radius 3 is 2.58 bits per heavy atom. The van der Waals surface area contributed by atoms with Crippen molar-refractivity contribution in [1.82, 2.24) is 0 Å². The molecule has 1 unspecified atom stereocenters. The van der Waals surface area contributed by atoms with E-state index >= 15 is 0 Å². The molecule has 2 aromatic rings. The van der Waals surface area contributed by atoms with Crippen molar-refractivity contribution in [3.05, 3.63) is 51.2 Å². The lowest BCUT2D eigenvalue weighted by molar-refractivity contribution is -0.137. The van der Waals surface area contributed by atoms with E-state index in [4.69, 9.17) is 11.6 Å². The molecule has 0 aliphatic heterocycles.